The summed E-state index contributed by atoms with van der Waals surface area (Å²) in [5.74, 6) is 2.08. The van der Waals surface area contributed by atoms with Crippen LogP contribution < -0.4 is 5.32 Å². The van der Waals surface area contributed by atoms with Gasteiger partial charge in [-0.1, -0.05) is 13.8 Å². The Morgan fingerprint density at radius 2 is 2.05 bits per heavy atom. The maximum atomic E-state index is 11.4. The molecule has 0 atom stereocenters. The second kappa shape index (κ2) is 6.74. The Kier molecular flexibility index (Phi) is 5.23. The first-order valence-electron chi connectivity index (χ1n) is 7.15. The topological polar surface area (TPSA) is 62.6 Å². The highest BCUT2D eigenvalue weighted by Crippen LogP contribution is 2.15. The minimum Gasteiger partial charge on any atom is -0.468 e. The lowest BCUT2D eigenvalue weighted by atomic mass is 10.2. The molecule has 114 valence electrons. The number of hydrogen-bond donors (Lipinski definition) is 1. The molecule has 5 nitrogen and oxygen atoms in total. The zero-order valence-corrected chi connectivity index (χ0v) is 13.1. The second-order valence-electron chi connectivity index (χ2n) is 5.82. The Hall–Kier alpha value is -0.850. The van der Waals surface area contributed by atoms with Gasteiger partial charge in [0.05, 0.1) is 24.3 Å². The van der Waals surface area contributed by atoms with Crippen LogP contribution in [0.1, 0.15) is 25.2 Å². The van der Waals surface area contributed by atoms with Crippen molar-refractivity contribution in [1.82, 2.24) is 10.2 Å². The van der Waals surface area contributed by atoms with Gasteiger partial charge in [-0.2, -0.15) is 0 Å². The molecular formula is C14H24N2O3S. The molecule has 1 aromatic heterocycles. The zero-order chi connectivity index (χ0) is 14.6. The lowest BCUT2D eigenvalue weighted by Crippen LogP contribution is -2.39. The molecule has 1 fully saturated rings. The third-order valence-corrected chi connectivity index (χ3v) is 5.12. The van der Waals surface area contributed by atoms with Gasteiger partial charge in [0.2, 0.25) is 0 Å². The molecule has 6 heteroatoms. The summed E-state index contributed by atoms with van der Waals surface area (Å²) in [5.41, 5.74) is 1.17. The van der Waals surface area contributed by atoms with Crippen LogP contribution in [0.25, 0.3) is 0 Å². The van der Waals surface area contributed by atoms with Crippen LogP contribution in [0.15, 0.2) is 16.7 Å². The number of rotatable bonds is 6. The van der Waals surface area contributed by atoms with Gasteiger partial charge in [-0.25, -0.2) is 8.42 Å². The second-order valence-corrected chi connectivity index (χ2v) is 8.13. The van der Waals surface area contributed by atoms with Crippen LogP contribution in [0.2, 0.25) is 0 Å². The number of nitrogens with zero attached hydrogens (tertiary/aromatic N) is 1. The van der Waals surface area contributed by atoms with Gasteiger partial charge < -0.3 is 9.73 Å². The van der Waals surface area contributed by atoms with Gasteiger partial charge in [0, 0.05) is 25.2 Å². The molecule has 0 amide bonds. The van der Waals surface area contributed by atoms with Crippen molar-refractivity contribution in [3.63, 3.8) is 0 Å². The third-order valence-electron chi connectivity index (χ3n) is 3.51. The van der Waals surface area contributed by atoms with E-state index in [2.05, 4.69) is 24.1 Å². The van der Waals surface area contributed by atoms with E-state index in [0.717, 1.165) is 18.8 Å². The van der Waals surface area contributed by atoms with Crippen LogP contribution in [-0.2, 0) is 22.9 Å². The Balaban J connectivity index is 1.86. The lowest BCUT2D eigenvalue weighted by Gasteiger charge is -2.25. The summed E-state index contributed by atoms with van der Waals surface area (Å²) in [6, 6.07) is 1.99. The molecule has 2 rings (SSSR count). The van der Waals surface area contributed by atoms with Crippen LogP contribution in [0.4, 0.5) is 0 Å². The Morgan fingerprint density at radius 3 is 2.70 bits per heavy atom. The van der Waals surface area contributed by atoms with E-state index in [1.54, 1.807) is 6.26 Å². The van der Waals surface area contributed by atoms with Crippen molar-refractivity contribution in [3.05, 3.63) is 23.7 Å². The zero-order valence-electron chi connectivity index (χ0n) is 12.3. The largest absolute Gasteiger partial charge is 0.468 e. The minimum atomic E-state index is -2.81. The van der Waals surface area contributed by atoms with Crippen molar-refractivity contribution in [2.75, 3.05) is 31.1 Å². The average molecular weight is 300 g/mol. The van der Waals surface area contributed by atoms with Gasteiger partial charge >= 0.3 is 0 Å². The molecule has 1 aliphatic heterocycles. The molecule has 1 aliphatic rings. The predicted molar refractivity (Wildman–Crippen MR) is 79.2 cm³/mol. The van der Waals surface area contributed by atoms with Crippen LogP contribution in [-0.4, -0.2) is 44.5 Å². The predicted octanol–water partition coefficient (Wildman–Crippen LogP) is 1.26. The maximum absolute atomic E-state index is 11.4. The van der Waals surface area contributed by atoms with Crippen LogP contribution in [0.3, 0.4) is 0 Å². The average Bonchev–Trinajstić information content (AvgIpc) is 2.79. The summed E-state index contributed by atoms with van der Waals surface area (Å²) in [6.45, 7) is 8.03. The molecule has 1 aromatic rings. The quantitative estimate of drug-likeness (QED) is 0.857. The summed E-state index contributed by atoms with van der Waals surface area (Å²) in [6.07, 6.45) is 1.71. The summed E-state index contributed by atoms with van der Waals surface area (Å²) in [4.78, 5) is 2.14. The molecule has 20 heavy (non-hydrogen) atoms. The lowest BCUT2D eigenvalue weighted by molar-refractivity contribution is 0.261. The summed E-state index contributed by atoms with van der Waals surface area (Å²) < 4.78 is 28.4. The van der Waals surface area contributed by atoms with Crippen molar-refractivity contribution >= 4 is 9.84 Å². The van der Waals surface area contributed by atoms with Gasteiger partial charge in [-0.05, 0) is 18.5 Å². The van der Waals surface area contributed by atoms with E-state index in [9.17, 15) is 8.42 Å². The van der Waals surface area contributed by atoms with Gasteiger partial charge in [-0.15, -0.1) is 0 Å². The Labute approximate surface area is 121 Å². The molecule has 0 unspecified atom stereocenters. The fourth-order valence-electron chi connectivity index (χ4n) is 2.27. The molecule has 2 heterocycles. The van der Waals surface area contributed by atoms with Gasteiger partial charge in [0.15, 0.2) is 9.84 Å². The van der Waals surface area contributed by atoms with Crippen molar-refractivity contribution in [2.45, 2.75) is 26.9 Å². The molecular weight excluding hydrogens is 276 g/mol. The van der Waals surface area contributed by atoms with E-state index in [1.807, 2.05) is 6.07 Å². The molecule has 1 N–H and O–H groups in total. The molecule has 0 saturated carbocycles. The van der Waals surface area contributed by atoms with Crippen molar-refractivity contribution in [2.24, 2.45) is 5.92 Å². The van der Waals surface area contributed by atoms with Crippen molar-refractivity contribution in [1.29, 1.82) is 0 Å². The molecule has 0 aliphatic carbocycles. The SMILES string of the molecule is CC(C)CNCc1ccoc1CN1CCS(=O)(=O)CC1. The maximum Gasteiger partial charge on any atom is 0.152 e. The molecule has 0 radical (unpaired) electrons. The summed E-state index contributed by atoms with van der Waals surface area (Å²) in [7, 11) is -2.81. The first-order valence-corrected chi connectivity index (χ1v) is 8.97. The van der Waals surface area contributed by atoms with Gasteiger partial charge in [0.1, 0.15) is 5.76 Å². The summed E-state index contributed by atoms with van der Waals surface area (Å²) in [5, 5.41) is 3.40. The number of sulfone groups is 1. The standard InChI is InChI=1S/C14H24N2O3S/c1-12(2)9-15-10-13-3-6-19-14(13)11-16-4-7-20(17,18)8-5-16/h3,6,12,15H,4-5,7-11H2,1-2H3. The fourth-order valence-corrected chi connectivity index (χ4v) is 3.55. The number of furan rings is 1. The Morgan fingerprint density at radius 1 is 1.35 bits per heavy atom. The van der Waals surface area contributed by atoms with E-state index in [-0.39, 0.29) is 11.5 Å². The van der Waals surface area contributed by atoms with Crippen LogP contribution >= 0.6 is 0 Å². The van der Waals surface area contributed by atoms with Gasteiger partial charge in [-0.3, -0.25) is 4.90 Å². The Bertz CT molecular complexity index is 508. The van der Waals surface area contributed by atoms with Crippen molar-refractivity contribution in [3.8, 4) is 0 Å². The first-order chi connectivity index (χ1) is 9.46. The van der Waals surface area contributed by atoms with E-state index >= 15 is 0 Å². The third kappa shape index (κ3) is 4.61. The number of hydrogen-bond acceptors (Lipinski definition) is 5. The summed E-state index contributed by atoms with van der Waals surface area (Å²) >= 11 is 0. The number of nitrogens with one attached hydrogen (secondary N) is 1. The highest BCUT2D eigenvalue weighted by atomic mass is 32.2. The van der Waals surface area contributed by atoms with E-state index in [4.69, 9.17) is 4.42 Å². The monoisotopic (exact) mass is 300 g/mol. The van der Waals surface area contributed by atoms with E-state index < -0.39 is 9.84 Å². The highest BCUT2D eigenvalue weighted by Gasteiger charge is 2.22. The molecule has 1 saturated heterocycles. The highest BCUT2D eigenvalue weighted by molar-refractivity contribution is 7.91. The normalized spacial score (nSPS) is 19.6. The first kappa shape index (κ1) is 15.5. The van der Waals surface area contributed by atoms with Crippen LogP contribution in [0, 0.1) is 5.92 Å². The fraction of sp³-hybridized carbons (Fsp3) is 0.714. The van der Waals surface area contributed by atoms with E-state index in [0.29, 0.717) is 25.6 Å². The van der Waals surface area contributed by atoms with Crippen LogP contribution in [0.5, 0.6) is 0 Å². The molecule has 0 aromatic carbocycles. The van der Waals surface area contributed by atoms with Crippen molar-refractivity contribution < 1.29 is 12.8 Å². The molecule has 0 bridgehead atoms. The molecule has 0 spiro atoms. The minimum absolute atomic E-state index is 0.259. The van der Waals surface area contributed by atoms with Gasteiger partial charge in [0.25, 0.3) is 0 Å². The van der Waals surface area contributed by atoms with E-state index in [1.165, 1.54) is 5.56 Å². The smallest absolute Gasteiger partial charge is 0.152 e.